The van der Waals surface area contributed by atoms with Crippen LogP contribution in [0.15, 0.2) is 23.1 Å². The molecule has 2 aromatic rings. The molecular weight excluding hydrogens is 274 g/mol. The average molecular weight is 289 g/mol. The summed E-state index contributed by atoms with van der Waals surface area (Å²) < 4.78 is 1.19. The Morgan fingerprint density at radius 3 is 2.57 bits per heavy atom. The van der Waals surface area contributed by atoms with E-state index in [1.165, 1.54) is 10.8 Å². The summed E-state index contributed by atoms with van der Waals surface area (Å²) in [5.41, 5.74) is -0.313. The third kappa shape index (κ3) is 2.31. The first kappa shape index (κ1) is 13.4. The van der Waals surface area contributed by atoms with Gasteiger partial charge in [0.2, 0.25) is 5.75 Å². The third-order valence-electron chi connectivity index (χ3n) is 3.71. The fourth-order valence-electron chi connectivity index (χ4n) is 2.61. The number of anilines is 1. The molecule has 0 saturated carbocycles. The largest absolute Gasteiger partial charge is 0.501 e. The van der Waals surface area contributed by atoms with Gasteiger partial charge in [0.15, 0.2) is 5.69 Å². The van der Waals surface area contributed by atoms with Gasteiger partial charge in [-0.15, -0.1) is 0 Å². The van der Waals surface area contributed by atoms with E-state index in [1.54, 1.807) is 12.3 Å². The molecule has 21 heavy (non-hydrogen) atoms. The lowest BCUT2D eigenvalue weighted by Gasteiger charge is -2.28. The molecule has 0 unspecified atom stereocenters. The van der Waals surface area contributed by atoms with Crippen molar-refractivity contribution in [2.45, 2.75) is 19.3 Å². The number of carboxylic acids is 1. The highest BCUT2D eigenvalue weighted by atomic mass is 16.4. The van der Waals surface area contributed by atoms with E-state index in [1.807, 2.05) is 6.07 Å². The lowest BCUT2D eigenvalue weighted by Crippen LogP contribution is -2.30. The van der Waals surface area contributed by atoms with E-state index < -0.39 is 23.0 Å². The van der Waals surface area contributed by atoms with Crippen molar-refractivity contribution in [2.75, 3.05) is 18.0 Å². The topological polar surface area (TPSA) is 95.1 Å². The summed E-state index contributed by atoms with van der Waals surface area (Å²) in [4.78, 5) is 29.0. The number of rotatable bonds is 2. The summed E-state index contributed by atoms with van der Waals surface area (Å²) in [6.07, 6.45) is 5.01. The maximum Gasteiger partial charge on any atom is 0.358 e. The molecule has 7 nitrogen and oxygen atoms in total. The number of nitrogens with zero attached hydrogens (tertiary/aromatic N) is 3. The molecule has 1 aliphatic rings. The second-order valence-electron chi connectivity index (χ2n) is 5.08. The van der Waals surface area contributed by atoms with Crippen LogP contribution in [-0.2, 0) is 0 Å². The van der Waals surface area contributed by atoms with E-state index in [2.05, 4.69) is 9.88 Å². The molecule has 2 N–H and O–H groups in total. The zero-order chi connectivity index (χ0) is 15.0. The van der Waals surface area contributed by atoms with Gasteiger partial charge in [0.1, 0.15) is 5.65 Å². The Hall–Kier alpha value is -2.57. The van der Waals surface area contributed by atoms with Crippen LogP contribution in [-0.4, -0.2) is 38.7 Å². The smallest absolute Gasteiger partial charge is 0.358 e. The minimum absolute atomic E-state index is 0.205. The summed E-state index contributed by atoms with van der Waals surface area (Å²) in [6.45, 7) is 1.85. The van der Waals surface area contributed by atoms with Crippen LogP contribution in [0.3, 0.4) is 0 Å². The lowest BCUT2D eigenvalue weighted by molar-refractivity contribution is 0.0686. The first-order valence-corrected chi connectivity index (χ1v) is 6.81. The molecule has 2 aromatic heterocycles. The van der Waals surface area contributed by atoms with Crippen LogP contribution < -0.4 is 10.5 Å². The number of pyridine rings is 1. The molecule has 1 saturated heterocycles. The number of aromatic carboxylic acids is 1. The maximum absolute atomic E-state index is 12.1. The van der Waals surface area contributed by atoms with Crippen LogP contribution in [0.1, 0.15) is 29.8 Å². The fraction of sp³-hybridized carbons (Fsp3) is 0.357. The van der Waals surface area contributed by atoms with E-state index in [9.17, 15) is 14.7 Å². The maximum atomic E-state index is 12.1. The van der Waals surface area contributed by atoms with Gasteiger partial charge < -0.3 is 15.1 Å². The third-order valence-corrected chi connectivity index (χ3v) is 3.71. The number of carbonyl (C=O) groups is 1. The molecule has 3 heterocycles. The highest BCUT2D eigenvalue weighted by Crippen LogP contribution is 2.20. The van der Waals surface area contributed by atoms with Crippen LogP contribution >= 0.6 is 0 Å². The molecule has 0 aliphatic carbocycles. The molecule has 7 heteroatoms. The average Bonchev–Trinajstić information content (AvgIpc) is 2.51. The molecule has 0 spiro atoms. The summed E-state index contributed by atoms with van der Waals surface area (Å²) in [5.74, 6) is -2.26. The van der Waals surface area contributed by atoms with Crippen LogP contribution in [0.5, 0.6) is 5.75 Å². The molecule has 0 amide bonds. The van der Waals surface area contributed by atoms with Crippen LogP contribution in [0.4, 0.5) is 5.69 Å². The van der Waals surface area contributed by atoms with Crippen molar-refractivity contribution in [2.24, 2.45) is 0 Å². The first-order chi connectivity index (χ1) is 10.1. The quantitative estimate of drug-likeness (QED) is 0.859. The minimum atomic E-state index is -1.42. The van der Waals surface area contributed by atoms with E-state index >= 15 is 0 Å². The predicted octanol–water partition coefficient (Wildman–Crippen LogP) is 1.09. The molecule has 110 valence electrons. The van der Waals surface area contributed by atoms with Gasteiger partial charge in [-0.3, -0.25) is 9.20 Å². The van der Waals surface area contributed by atoms with Crippen LogP contribution in [0.25, 0.3) is 5.65 Å². The fourth-order valence-corrected chi connectivity index (χ4v) is 2.61. The summed E-state index contributed by atoms with van der Waals surface area (Å²) in [5, 5.41) is 18.6. The lowest BCUT2D eigenvalue weighted by atomic mass is 10.1. The van der Waals surface area contributed by atoms with Crippen LogP contribution in [0, 0.1) is 0 Å². The van der Waals surface area contributed by atoms with Gasteiger partial charge >= 0.3 is 11.5 Å². The van der Waals surface area contributed by atoms with E-state index in [4.69, 9.17) is 5.11 Å². The summed E-state index contributed by atoms with van der Waals surface area (Å²) in [7, 11) is 0. The van der Waals surface area contributed by atoms with Crippen molar-refractivity contribution in [3.05, 3.63) is 34.4 Å². The normalized spacial score (nSPS) is 15.3. The number of hydrogen-bond donors (Lipinski definition) is 2. The molecule has 3 rings (SSSR count). The Kier molecular flexibility index (Phi) is 3.25. The van der Waals surface area contributed by atoms with Gasteiger partial charge in [0.05, 0.1) is 5.69 Å². The number of piperidine rings is 1. The van der Waals surface area contributed by atoms with Gasteiger partial charge in [-0.25, -0.2) is 9.78 Å². The van der Waals surface area contributed by atoms with E-state index in [0.29, 0.717) is 0 Å². The first-order valence-electron chi connectivity index (χ1n) is 6.81. The highest BCUT2D eigenvalue weighted by Gasteiger charge is 2.18. The van der Waals surface area contributed by atoms with Crippen molar-refractivity contribution in [1.29, 1.82) is 0 Å². The number of hydrogen-bond acceptors (Lipinski definition) is 5. The highest BCUT2D eigenvalue weighted by molar-refractivity contribution is 5.88. The van der Waals surface area contributed by atoms with Crippen molar-refractivity contribution < 1.29 is 15.0 Å². The molecular formula is C14H15N3O4. The molecule has 1 fully saturated rings. The molecule has 0 radical (unpaired) electrons. The van der Waals surface area contributed by atoms with Gasteiger partial charge in [0, 0.05) is 19.3 Å². The Morgan fingerprint density at radius 1 is 1.19 bits per heavy atom. The summed E-state index contributed by atoms with van der Waals surface area (Å²) >= 11 is 0. The molecule has 0 bridgehead atoms. The Morgan fingerprint density at radius 2 is 1.90 bits per heavy atom. The van der Waals surface area contributed by atoms with Crippen molar-refractivity contribution in [3.8, 4) is 5.75 Å². The summed E-state index contributed by atoms with van der Waals surface area (Å²) in [6, 6.07) is 3.41. The standard InChI is InChI=1S/C14H15N3O4/c18-12-11(14(20)21)15-10-5-4-9(8-17(10)13(12)19)16-6-2-1-3-7-16/h4-5,8,18H,1-3,6-7H2,(H,20,21). The zero-order valence-corrected chi connectivity index (χ0v) is 11.3. The number of carboxylic acid groups (broad SMARTS) is 1. The van der Waals surface area contributed by atoms with Gasteiger partial charge in [0.25, 0.3) is 0 Å². The molecule has 0 aromatic carbocycles. The van der Waals surface area contributed by atoms with E-state index in [-0.39, 0.29) is 5.65 Å². The Bertz CT molecular complexity index is 763. The van der Waals surface area contributed by atoms with Crippen molar-refractivity contribution in [3.63, 3.8) is 0 Å². The second-order valence-corrected chi connectivity index (χ2v) is 5.08. The van der Waals surface area contributed by atoms with Gasteiger partial charge in [-0.1, -0.05) is 0 Å². The molecule has 0 atom stereocenters. The second kappa shape index (κ2) is 5.08. The predicted molar refractivity (Wildman–Crippen MR) is 76.2 cm³/mol. The Balaban J connectivity index is 2.13. The minimum Gasteiger partial charge on any atom is -0.501 e. The number of fused-ring (bicyclic) bond motifs is 1. The molecule has 1 aliphatic heterocycles. The Labute approximate surface area is 120 Å². The number of aromatic hydroxyl groups is 1. The van der Waals surface area contributed by atoms with Crippen molar-refractivity contribution in [1.82, 2.24) is 9.38 Å². The van der Waals surface area contributed by atoms with E-state index in [0.717, 1.165) is 31.6 Å². The van der Waals surface area contributed by atoms with Crippen LogP contribution in [0.2, 0.25) is 0 Å². The SMILES string of the molecule is O=C(O)c1nc2ccc(N3CCCCC3)cn2c(=O)c1O. The van der Waals surface area contributed by atoms with Gasteiger partial charge in [-0.05, 0) is 31.4 Å². The van der Waals surface area contributed by atoms with Gasteiger partial charge in [-0.2, -0.15) is 0 Å². The monoisotopic (exact) mass is 289 g/mol. The van der Waals surface area contributed by atoms with Crippen molar-refractivity contribution >= 4 is 17.3 Å². The zero-order valence-electron chi connectivity index (χ0n) is 11.3. The number of aromatic nitrogens is 2.